The maximum absolute atomic E-state index is 5.54. The highest BCUT2D eigenvalue weighted by molar-refractivity contribution is 5.66. The van der Waals surface area contributed by atoms with Crippen molar-refractivity contribution in [1.82, 2.24) is 24.8 Å². The molecular weight excluding hydrogens is 302 g/mol. The third kappa shape index (κ3) is 3.43. The molecule has 24 heavy (non-hydrogen) atoms. The van der Waals surface area contributed by atoms with Gasteiger partial charge in [-0.15, -0.1) is 0 Å². The Morgan fingerprint density at radius 1 is 1.25 bits per heavy atom. The van der Waals surface area contributed by atoms with E-state index in [1.165, 1.54) is 43.2 Å². The van der Waals surface area contributed by atoms with Crippen molar-refractivity contribution < 1.29 is 4.52 Å². The van der Waals surface area contributed by atoms with Crippen molar-refractivity contribution in [2.45, 2.75) is 51.0 Å². The summed E-state index contributed by atoms with van der Waals surface area (Å²) in [4.78, 5) is 7.06. The molecule has 0 aromatic carbocycles. The summed E-state index contributed by atoms with van der Waals surface area (Å²) in [6.07, 6.45) is 13.7. The van der Waals surface area contributed by atoms with Crippen LogP contribution in [0.5, 0.6) is 0 Å². The lowest BCUT2D eigenvalue weighted by atomic mass is 9.89. The summed E-state index contributed by atoms with van der Waals surface area (Å²) < 4.78 is 7.40. The fourth-order valence-corrected chi connectivity index (χ4v) is 3.78. The highest BCUT2D eigenvalue weighted by atomic mass is 16.5. The topological polar surface area (TPSA) is 60.0 Å². The van der Waals surface area contributed by atoms with E-state index < -0.39 is 0 Å². The molecule has 6 nitrogen and oxygen atoms in total. The molecule has 3 heterocycles. The molecule has 0 radical (unpaired) electrons. The summed E-state index contributed by atoms with van der Waals surface area (Å²) in [6.45, 7) is 2.71. The minimum absolute atomic E-state index is 0.479. The van der Waals surface area contributed by atoms with Crippen molar-refractivity contribution in [3.63, 3.8) is 0 Å². The second-order valence-corrected chi connectivity index (χ2v) is 7.02. The molecule has 128 valence electrons. The summed E-state index contributed by atoms with van der Waals surface area (Å²) >= 11 is 0. The normalized spacial score (nSPS) is 20.3. The van der Waals surface area contributed by atoms with Crippen LogP contribution in [0.4, 0.5) is 0 Å². The van der Waals surface area contributed by atoms with Crippen LogP contribution in [0.3, 0.4) is 0 Å². The Labute approximate surface area is 142 Å². The van der Waals surface area contributed by atoms with E-state index in [-0.39, 0.29) is 0 Å². The number of hydrogen-bond acceptors (Lipinski definition) is 5. The van der Waals surface area contributed by atoms with Gasteiger partial charge in [-0.3, -0.25) is 9.58 Å². The maximum atomic E-state index is 5.54. The maximum Gasteiger partial charge on any atom is 0.229 e. The molecule has 0 N–H and O–H groups in total. The van der Waals surface area contributed by atoms with Crippen LogP contribution in [0.1, 0.15) is 61.7 Å². The summed E-state index contributed by atoms with van der Waals surface area (Å²) in [5.41, 5.74) is 2.54. The van der Waals surface area contributed by atoms with Crippen molar-refractivity contribution in [2.75, 3.05) is 13.1 Å². The SMILES string of the molecule is Cn1cc(C2=CCCN(Cc3noc(C4CCCCC4)n3)C2)cn1. The molecule has 2 aromatic heterocycles. The van der Waals surface area contributed by atoms with E-state index in [0.29, 0.717) is 5.92 Å². The van der Waals surface area contributed by atoms with E-state index in [1.54, 1.807) is 0 Å². The van der Waals surface area contributed by atoms with Crippen LogP contribution >= 0.6 is 0 Å². The molecule has 0 spiro atoms. The van der Waals surface area contributed by atoms with E-state index >= 15 is 0 Å². The Morgan fingerprint density at radius 2 is 2.12 bits per heavy atom. The largest absolute Gasteiger partial charge is 0.339 e. The van der Waals surface area contributed by atoms with Gasteiger partial charge >= 0.3 is 0 Å². The molecule has 2 aromatic rings. The lowest BCUT2D eigenvalue weighted by Crippen LogP contribution is -2.29. The van der Waals surface area contributed by atoms with E-state index in [0.717, 1.165) is 37.8 Å². The minimum atomic E-state index is 0.479. The van der Waals surface area contributed by atoms with Gasteiger partial charge in [0.05, 0.1) is 12.7 Å². The number of hydrogen-bond donors (Lipinski definition) is 0. The zero-order chi connectivity index (χ0) is 16.4. The zero-order valence-electron chi connectivity index (χ0n) is 14.3. The van der Waals surface area contributed by atoms with Gasteiger partial charge in [-0.1, -0.05) is 30.5 Å². The molecule has 1 saturated carbocycles. The second-order valence-electron chi connectivity index (χ2n) is 7.02. The highest BCUT2D eigenvalue weighted by Gasteiger charge is 2.23. The van der Waals surface area contributed by atoms with Gasteiger partial charge in [-0.05, 0) is 24.8 Å². The molecule has 1 aliphatic carbocycles. The summed E-state index contributed by atoms with van der Waals surface area (Å²) in [6, 6.07) is 0. The average Bonchev–Trinajstić information content (AvgIpc) is 3.25. The molecule has 1 fully saturated rings. The molecule has 6 heteroatoms. The monoisotopic (exact) mass is 327 g/mol. The number of aromatic nitrogens is 4. The van der Waals surface area contributed by atoms with Gasteiger partial charge in [0.2, 0.25) is 5.89 Å². The van der Waals surface area contributed by atoms with E-state index in [2.05, 4.69) is 32.4 Å². The molecule has 0 atom stereocenters. The third-order valence-corrected chi connectivity index (χ3v) is 5.11. The Morgan fingerprint density at radius 3 is 2.92 bits per heavy atom. The van der Waals surface area contributed by atoms with Gasteiger partial charge in [0.25, 0.3) is 0 Å². The molecule has 0 saturated heterocycles. The van der Waals surface area contributed by atoms with Crippen molar-refractivity contribution >= 4 is 5.57 Å². The Hall–Kier alpha value is -1.95. The lowest BCUT2D eigenvalue weighted by molar-refractivity contribution is 0.277. The van der Waals surface area contributed by atoms with Crippen LogP contribution in [0.15, 0.2) is 23.0 Å². The van der Waals surface area contributed by atoms with Gasteiger partial charge in [0.1, 0.15) is 0 Å². The van der Waals surface area contributed by atoms with Crippen LogP contribution in [0.2, 0.25) is 0 Å². The third-order valence-electron chi connectivity index (χ3n) is 5.11. The predicted molar refractivity (Wildman–Crippen MR) is 91.2 cm³/mol. The van der Waals surface area contributed by atoms with Crippen molar-refractivity contribution in [2.24, 2.45) is 7.05 Å². The Kier molecular flexibility index (Phi) is 4.47. The fourth-order valence-electron chi connectivity index (χ4n) is 3.78. The van der Waals surface area contributed by atoms with Gasteiger partial charge in [0.15, 0.2) is 5.82 Å². The van der Waals surface area contributed by atoms with Crippen molar-refractivity contribution in [1.29, 1.82) is 0 Å². The van der Waals surface area contributed by atoms with E-state index in [9.17, 15) is 0 Å². The fraction of sp³-hybridized carbons (Fsp3) is 0.611. The van der Waals surface area contributed by atoms with Crippen LogP contribution in [0, 0.1) is 0 Å². The van der Waals surface area contributed by atoms with Crippen molar-refractivity contribution in [3.05, 3.63) is 35.7 Å². The predicted octanol–water partition coefficient (Wildman–Crippen LogP) is 3.14. The van der Waals surface area contributed by atoms with Crippen molar-refractivity contribution in [3.8, 4) is 0 Å². The first-order chi connectivity index (χ1) is 11.8. The number of nitrogens with zero attached hydrogens (tertiary/aromatic N) is 5. The average molecular weight is 327 g/mol. The second kappa shape index (κ2) is 6.89. The standard InChI is InChI=1S/C18H25N5O/c1-22-11-16(10-19-22)15-8-5-9-23(12-15)13-17-20-18(24-21-17)14-6-3-2-4-7-14/h8,10-11,14H,2-7,9,12-13H2,1H3. The molecule has 4 rings (SSSR count). The lowest BCUT2D eigenvalue weighted by Gasteiger charge is -2.25. The molecular formula is C18H25N5O. The molecule has 1 aliphatic heterocycles. The summed E-state index contributed by atoms with van der Waals surface area (Å²) in [5, 5.41) is 8.50. The van der Waals surface area contributed by atoms with E-state index in [1.807, 2.05) is 17.9 Å². The molecule has 2 aliphatic rings. The van der Waals surface area contributed by atoms with Crippen LogP contribution in [-0.4, -0.2) is 37.9 Å². The Bertz CT molecular complexity index is 711. The molecule has 0 bridgehead atoms. The van der Waals surface area contributed by atoms with Crippen LogP contribution in [-0.2, 0) is 13.6 Å². The highest BCUT2D eigenvalue weighted by Crippen LogP contribution is 2.31. The van der Waals surface area contributed by atoms with Gasteiger partial charge < -0.3 is 4.52 Å². The minimum Gasteiger partial charge on any atom is -0.339 e. The van der Waals surface area contributed by atoms with Crippen LogP contribution < -0.4 is 0 Å². The number of rotatable bonds is 4. The summed E-state index contributed by atoms with van der Waals surface area (Å²) in [7, 11) is 1.96. The molecule has 0 unspecified atom stereocenters. The summed E-state index contributed by atoms with van der Waals surface area (Å²) in [5.74, 6) is 2.15. The number of aryl methyl sites for hydroxylation is 1. The zero-order valence-corrected chi connectivity index (χ0v) is 14.3. The quantitative estimate of drug-likeness (QED) is 0.863. The van der Waals surface area contributed by atoms with Crippen LogP contribution in [0.25, 0.3) is 5.57 Å². The first-order valence-electron chi connectivity index (χ1n) is 9.01. The van der Waals surface area contributed by atoms with E-state index in [4.69, 9.17) is 4.52 Å². The Balaban J connectivity index is 1.39. The smallest absolute Gasteiger partial charge is 0.229 e. The first-order valence-corrected chi connectivity index (χ1v) is 9.01. The van der Waals surface area contributed by atoms with Gasteiger partial charge in [-0.2, -0.15) is 10.1 Å². The van der Waals surface area contributed by atoms with Gasteiger partial charge in [0, 0.05) is 37.8 Å². The van der Waals surface area contributed by atoms with Gasteiger partial charge in [-0.25, -0.2) is 0 Å². The molecule has 0 amide bonds. The first kappa shape index (κ1) is 15.6.